The van der Waals surface area contributed by atoms with E-state index in [-0.39, 0.29) is 19.0 Å². The molecule has 108 valence electrons. The van der Waals surface area contributed by atoms with Crippen molar-refractivity contribution < 1.29 is 18.0 Å². The minimum absolute atomic E-state index is 0.0289. The number of aryl methyl sites for hydroxylation is 1. The van der Waals surface area contributed by atoms with E-state index >= 15 is 0 Å². The number of amides is 1. The van der Waals surface area contributed by atoms with Crippen molar-refractivity contribution in [2.45, 2.75) is 39.4 Å². The molecule has 0 saturated heterocycles. The van der Waals surface area contributed by atoms with Crippen molar-refractivity contribution in [3.63, 3.8) is 0 Å². The van der Waals surface area contributed by atoms with Crippen LogP contribution in [0.15, 0.2) is 12.4 Å². The maximum atomic E-state index is 12.3. The summed E-state index contributed by atoms with van der Waals surface area (Å²) in [7, 11) is 0. The Hall–Kier alpha value is -1.53. The summed E-state index contributed by atoms with van der Waals surface area (Å²) < 4.78 is 38.7. The molecule has 0 spiro atoms. The highest BCUT2D eigenvalue weighted by Crippen LogP contribution is 2.19. The SMILES string of the molecule is CCN(CC(F)(F)F)C(=O)C[C@@H](C)n1ccnc1C. The highest BCUT2D eigenvalue weighted by Gasteiger charge is 2.32. The zero-order valence-electron chi connectivity index (χ0n) is 11.2. The number of hydrogen-bond acceptors (Lipinski definition) is 2. The summed E-state index contributed by atoms with van der Waals surface area (Å²) in [6, 6.07) is -0.211. The molecule has 1 aromatic rings. The van der Waals surface area contributed by atoms with Gasteiger partial charge < -0.3 is 9.47 Å². The third kappa shape index (κ3) is 4.57. The van der Waals surface area contributed by atoms with E-state index in [0.29, 0.717) is 0 Å². The fraction of sp³-hybridized carbons (Fsp3) is 0.667. The van der Waals surface area contributed by atoms with Crippen molar-refractivity contribution in [3.05, 3.63) is 18.2 Å². The third-order valence-electron chi connectivity index (χ3n) is 2.91. The molecule has 0 aliphatic rings. The number of nitrogens with zero attached hydrogens (tertiary/aromatic N) is 3. The molecule has 1 atom stereocenters. The molecule has 0 unspecified atom stereocenters. The average molecular weight is 277 g/mol. The topological polar surface area (TPSA) is 38.1 Å². The average Bonchev–Trinajstić information content (AvgIpc) is 2.70. The van der Waals surface area contributed by atoms with Crippen LogP contribution in [0.3, 0.4) is 0 Å². The van der Waals surface area contributed by atoms with Gasteiger partial charge in [0.05, 0.1) is 0 Å². The molecule has 1 rings (SSSR count). The van der Waals surface area contributed by atoms with Gasteiger partial charge in [0.1, 0.15) is 12.4 Å². The van der Waals surface area contributed by atoms with E-state index < -0.39 is 18.6 Å². The highest BCUT2D eigenvalue weighted by atomic mass is 19.4. The molecule has 0 aromatic carbocycles. The Morgan fingerprint density at radius 1 is 1.53 bits per heavy atom. The summed E-state index contributed by atoms with van der Waals surface area (Å²) in [5.41, 5.74) is 0. The van der Waals surface area contributed by atoms with E-state index in [0.717, 1.165) is 10.7 Å². The first-order valence-electron chi connectivity index (χ1n) is 6.08. The summed E-state index contributed by atoms with van der Waals surface area (Å²) in [5.74, 6) is 0.236. The normalized spacial score (nSPS) is 13.4. The second-order valence-corrected chi connectivity index (χ2v) is 4.46. The minimum atomic E-state index is -4.36. The van der Waals surface area contributed by atoms with Crippen molar-refractivity contribution in [1.82, 2.24) is 14.5 Å². The van der Waals surface area contributed by atoms with Crippen molar-refractivity contribution in [2.75, 3.05) is 13.1 Å². The Balaban J connectivity index is 2.65. The molecule has 7 heteroatoms. The van der Waals surface area contributed by atoms with Crippen LogP contribution in [0.4, 0.5) is 13.2 Å². The molecule has 4 nitrogen and oxygen atoms in total. The molecule has 0 fully saturated rings. The van der Waals surface area contributed by atoms with Crippen LogP contribution in [-0.4, -0.2) is 39.6 Å². The Labute approximate surface area is 110 Å². The van der Waals surface area contributed by atoms with Crippen molar-refractivity contribution in [2.24, 2.45) is 0 Å². The third-order valence-corrected chi connectivity index (χ3v) is 2.91. The smallest absolute Gasteiger partial charge is 0.334 e. The molecule has 0 aliphatic carbocycles. The van der Waals surface area contributed by atoms with Gasteiger partial charge in [-0.15, -0.1) is 0 Å². The van der Waals surface area contributed by atoms with Crippen LogP contribution in [0.1, 0.15) is 32.1 Å². The van der Waals surface area contributed by atoms with Crippen LogP contribution in [-0.2, 0) is 4.79 Å². The molecular formula is C12H18F3N3O. The van der Waals surface area contributed by atoms with E-state index in [1.165, 1.54) is 6.92 Å². The van der Waals surface area contributed by atoms with Crippen LogP contribution in [0.25, 0.3) is 0 Å². The molecule has 0 radical (unpaired) electrons. The Bertz CT molecular complexity index is 428. The molecule has 0 bridgehead atoms. The number of rotatable bonds is 5. The first-order valence-corrected chi connectivity index (χ1v) is 6.08. The van der Waals surface area contributed by atoms with Gasteiger partial charge in [-0.1, -0.05) is 0 Å². The zero-order chi connectivity index (χ0) is 14.6. The number of carbonyl (C=O) groups is 1. The molecule has 1 aromatic heterocycles. The predicted molar refractivity (Wildman–Crippen MR) is 64.6 cm³/mol. The largest absolute Gasteiger partial charge is 0.406 e. The van der Waals surface area contributed by atoms with E-state index in [9.17, 15) is 18.0 Å². The monoisotopic (exact) mass is 277 g/mol. The van der Waals surface area contributed by atoms with Gasteiger partial charge in [0.15, 0.2) is 0 Å². The molecule has 1 amide bonds. The quantitative estimate of drug-likeness (QED) is 0.829. The van der Waals surface area contributed by atoms with Gasteiger partial charge in [-0.3, -0.25) is 4.79 Å². The van der Waals surface area contributed by atoms with Crippen LogP contribution >= 0.6 is 0 Å². The van der Waals surface area contributed by atoms with E-state index in [4.69, 9.17) is 0 Å². The number of imidazole rings is 1. The van der Waals surface area contributed by atoms with E-state index in [1.807, 2.05) is 0 Å². The number of halogens is 3. The number of hydrogen-bond donors (Lipinski definition) is 0. The lowest BCUT2D eigenvalue weighted by Crippen LogP contribution is -2.39. The molecule has 0 N–H and O–H groups in total. The van der Waals surface area contributed by atoms with E-state index in [2.05, 4.69) is 4.98 Å². The Morgan fingerprint density at radius 3 is 2.58 bits per heavy atom. The molecule has 1 heterocycles. The van der Waals surface area contributed by atoms with Crippen molar-refractivity contribution in [3.8, 4) is 0 Å². The second-order valence-electron chi connectivity index (χ2n) is 4.46. The van der Waals surface area contributed by atoms with Crippen molar-refractivity contribution in [1.29, 1.82) is 0 Å². The van der Waals surface area contributed by atoms with Gasteiger partial charge in [-0.2, -0.15) is 13.2 Å². The van der Waals surface area contributed by atoms with Crippen LogP contribution < -0.4 is 0 Å². The summed E-state index contributed by atoms with van der Waals surface area (Å²) in [6.07, 6.45) is -1.02. The standard InChI is InChI=1S/C12H18F3N3O/c1-4-17(8-12(13,14)15)11(19)7-9(2)18-6-5-16-10(18)3/h5-6,9H,4,7-8H2,1-3H3/t9-/m1/s1. The lowest BCUT2D eigenvalue weighted by Gasteiger charge is -2.24. The number of aromatic nitrogens is 2. The Morgan fingerprint density at radius 2 is 2.16 bits per heavy atom. The van der Waals surface area contributed by atoms with Crippen LogP contribution in [0.2, 0.25) is 0 Å². The summed E-state index contributed by atoms with van der Waals surface area (Å²) in [4.78, 5) is 16.7. The first-order chi connectivity index (χ1) is 8.74. The molecule has 0 aliphatic heterocycles. The Kier molecular flexibility index (Phi) is 4.97. The van der Waals surface area contributed by atoms with Gasteiger partial charge in [-0.05, 0) is 20.8 Å². The van der Waals surface area contributed by atoms with Gasteiger partial charge in [0, 0.05) is 31.4 Å². The van der Waals surface area contributed by atoms with Gasteiger partial charge in [-0.25, -0.2) is 4.98 Å². The lowest BCUT2D eigenvalue weighted by molar-refractivity contribution is -0.161. The van der Waals surface area contributed by atoms with Crippen LogP contribution in [0, 0.1) is 6.92 Å². The molecule has 19 heavy (non-hydrogen) atoms. The van der Waals surface area contributed by atoms with Crippen molar-refractivity contribution >= 4 is 5.91 Å². The maximum Gasteiger partial charge on any atom is 0.406 e. The zero-order valence-corrected chi connectivity index (χ0v) is 11.2. The van der Waals surface area contributed by atoms with E-state index in [1.54, 1.807) is 30.8 Å². The second kappa shape index (κ2) is 6.08. The maximum absolute atomic E-state index is 12.3. The number of carbonyl (C=O) groups excluding carboxylic acids is 1. The highest BCUT2D eigenvalue weighted by molar-refractivity contribution is 5.76. The van der Waals surface area contributed by atoms with Gasteiger partial charge in [0.25, 0.3) is 0 Å². The summed E-state index contributed by atoms with van der Waals surface area (Å²) in [6.45, 7) is 3.96. The fourth-order valence-corrected chi connectivity index (χ4v) is 1.93. The molecule has 0 saturated carbocycles. The lowest BCUT2D eigenvalue weighted by atomic mass is 10.2. The fourth-order valence-electron chi connectivity index (χ4n) is 1.93. The first kappa shape index (κ1) is 15.5. The van der Waals surface area contributed by atoms with Gasteiger partial charge >= 0.3 is 6.18 Å². The number of alkyl halides is 3. The minimum Gasteiger partial charge on any atom is -0.334 e. The van der Waals surface area contributed by atoms with Gasteiger partial charge in [0.2, 0.25) is 5.91 Å². The summed E-state index contributed by atoms with van der Waals surface area (Å²) >= 11 is 0. The summed E-state index contributed by atoms with van der Waals surface area (Å²) in [5, 5.41) is 0. The molecular weight excluding hydrogens is 259 g/mol. The predicted octanol–water partition coefficient (Wildman–Crippen LogP) is 2.55. The van der Waals surface area contributed by atoms with Crippen LogP contribution in [0.5, 0.6) is 0 Å².